The summed E-state index contributed by atoms with van der Waals surface area (Å²) in [5.74, 6) is -1.69. The van der Waals surface area contributed by atoms with Crippen LogP contribution in [0.15, 0.2) is 47.4 Å². The van der Waals surface area contributed by atoms with Crippen molar-refractivity contribution < 1.29 is 21.4 Å². The average Bonchev–Trinajstić information content (AvgIpc) is 2.45. The third-order valence-electron chi connectivity index (χ3n) is 3.39. The van der Waals surface area contributed by atoms with E-state index in [0.717, 1.165) is 24.1 Å². The molecule has 0 fully saturated rings. The van der Waals surface area contributed by atoms with Crippen molar-refractivity contribution in [3.63, 3.8) is 0 Å². The van der Waals surface area contributed by atoms with Gasteiger partial charge in [0, 0.05) is 6.07 Å². The van der Waals surface area contributed by atoms with Gasteiger partial charge in [-0.3, -0.25) is 0 Å². The van der Waals surface area contributed by atoms with E-state index >= 15 is 0 Å². The molecule has 0 bridgehead atoms. The summed E-state index contributed by atoms with van der Waals surface area (Å²) in [6, 6.07) is 8.77. The number of para-hydroxylation sites is 1. The molecule has 0 aromatic heterocycles. The van der Waals surface area contributed by atoms with Crippen LogP contribution in [0.25, 0.3) is 0 Å². The number of hydrogen-bond acceptors (Lipinski definition) is 3. The van der Waals surface area contributed by atoms with Crippen LogP contribution in [0.3, 0.4) is 0 Å². The molecule has 0 aliphatic rings. The van der Waals surface area contributed by atoms with E-state index in [4.69, 9.17) is 4.18 Å². The Morgan fingerprint density at radius 3 is 2.27 bits per heavy atom. The van der Waals surface area contributed by atoms with E-state index in [1.54, 1.807) is 18.2 Å². The Morgan fingerprint density at radius 1 is 1.09 bits per heavy atom. The van der Waals surface area contributed by atoms with Gasteiger partial charge in [0.15, 0.2) is 0 Å². The van der Waals surface area contributed by atoms with Crippen LogP contribution in [0.2, 0.25) is 0 Å². The monoisotopic (exact) mass is 326 g/mol. The van der Waals surface area contributed by atoms with Crippen LogP contribution >= 0.6 is 0 Å². The molecule has 3 nitrogen and oxygen atoms in total. The van der Waals surface area contributed by atoms with Crippen molar-refractivity contribution >= 4 is 10.1 Å². The second-order valence-corrected chi connectivity index (χ2v) is 6.54. The lowest BCUT2D eigenvalue weighted by molar-refractivity contribution is 0.476. The van der Waals surface area contributed by atoms with E-state index in [9.17, 15) is 17.2 Å². The molecule has 1 unspecified atom stereocenters. The Hall–Kier alpha value is -1.95. The van der Waals surface area contributed by atoms with Crippen LogP contribution in [0.5, 0.6) is 5.75 Å². The van der Waals surface area contributed by atoms with Crippen LogP contribution in [0, 0.1) is 11.6 Å². The smallest absolute Gasteiger partial charge is 0.339 e. The molecular weight excluding hydrogens is 310 g/mol. The molecule has 2 rings (SSSR count). The highest BCUT2D eigenvalue weighted by molar-refractivity contribution is 7.87. The van der Waals surface area contributed by atoms with E-state index in [1.807, 2.05) is 13.8 Å². The molecule has 6 heteroatoms. The number of hydrogen-bond donors (Lipinski definition) is 0. The number of rotatable bonds is 5. The molecule has 0 aliphatic heterocycles. The predicted molar refractivity (Wildman–Crippen MR) is 79.3 cm³/mol. The molecule has 0 saturated carbocycles. The maximum atomic E-state index is 13.2. The van der Waals surface area contributed by atoms with E-state index in [2.05, 4.69) is 0 Å². The van der Waals surface area contributed by atoms with E-state index < -0.39 is 26.6 Å². The van der Waals surface area contributed by atoms with Gasteiger partial charge in [-0.15, -0.1) is 0 Å². The molecule has 1 atom stereocenters. The number of halogens is 2. The first-order valence-corrected chi connectivity index (χ1v) is 8.24. The Kier molecular flexibility index (Phi) is 4.81. The van der Waals surface area contributed by atoms with Gasteiger partial charge < -0.3 is 4.18 Å². The highest BCUT2D eigenvalue weighted by Crippen LogP contribution is 2.30. The lowest BCUT2D eigenvalue weighted by Crippen LogP contribution is -2.12. The van der Waals surface area contributed by atoms with Gasteiger partial charge in [0.25, 0.3) is 0 Å². The average molecular weight is 326 g/mol. The Labute approximate surface area is 128 Å². The van der Waals surface area contributed by atoms with Crippen molar-refractivity contribution in [1.82, 2.24) is 0 Å². The predicted octanol–water partition coefficient (Wildman–Crippen LogP) is 4.25. The summed E-state index contributed by atoms with van der Waals surface area (Å²) >= 11 is 0. The Bertz CT molecular complexity index is 752. The lowest BCUT2D eigenvalue weighted by Gasteiger charge is -2.15. The summed E-state index contributed by atoms with van der Waals surface area (Å²) in [5, 5.41) is 0. The zero-order valence-corrected chi connectivity index (χ0v) is 13.0. The normalized spacial score (nSPS) is 12.9. The molecule has 0 radical (unpaired) electrons. The van der Waals surface area contributed by atoms with Crippen molar-refractivity contribution in [2.45, 2.75) is 31.1 Å². The standard InChI is InChI=1S/C16H16F2O3S/c1-3-11(2)15-6-4-5-7-16(15)21-22(19,20)14-9-12(17)8-13(18)10-14/h4-11H,3H2,1-2H3. The fraction of sp³-hybridized carbons (Fsp3) is 0.250. The summed E-state index contributed by atoms with van der Waals surface area (Å²) < 4.78 is 55.9. The Morgan fingerprint density at radius 2 is 1.68 bits per heavy atom. The molecule has 0 aliphatic carbocycles. The molecule has 22 heavy (non-hydrogen) atoms. The minimum atomic E-state index is -4.30. The first-order chi connectivity index (χ1) is 10.3. The fourth-order valence-electron chi connectivity index (χ4n) is 2.02. The summed E-state index contributed by atoms with van der Waals surface area (Å²) in [7, 11) is -4.30. The third-order valence-corrected chi connectivity index (χ3v) is 4.60. The summed E-state index contributed by atoms with van der Waals surface area (Å²) in [5.41, 5.74) is 0.727. The van der Waals surface area contributed by atoms with Gasteiger partial charge in [0.1, 0.15) is 22.3 Å². The van der Waals surface area contributed by atoms with Crippen molar-refractivity contribution in [1.29, 1.82) is 0 Å². The van der Waals surface area contributed by atoms with Crippen LogP contribution in [0.4, 0.5) is 8.78 Å². The van der Waals surface area contributed by atoms with Gasteiger partial charge in [-0.1, -0.05) is 32.0 Å². The highest BCUT2D eigenvalue weighted by atomic mass is 32.2. The van der Waals surface area contributed by atoms with Gasteiger partial charge in [-0.2, -0.15) is 8.42 Å². The van der Waals surface area contributed by atoms with Crippen LogP contribution < -0.4 is 4.18 Å². The first-order valence-electron chi connectivity index (χ1n) is 6.83. The third kappa shape index (κ3) is 3.62. The molecule has 2 aromatic carbocycles. The minimum Gasteiger partial charge on any atom is -0.379 e. The highest BCUT2D eigenvalue weighted by Gasteiger charge is 2.21. The Balaban J connectivity index is 2.41. The van der Waals surface area contributed by atoms with E-state index in [-0.39, 0.29) is 11.7 Å². The quantitative estimate of drug-likeness (QED) is 0.772. The van der Waals surface area contributed by atoms with Crippen LogP contribution in [0.1, 0.15) is 31.7 Å². The molecule has 0 N–H and O–H groups in total. The zero-order chi connectivity index (χ0) is 16.3. The van der Waals surface area contributed by atoms with Gasteiger partial charge in [0.05, 0.1) is 0 Å². The van der Waals surface area contributed by atoms with Gasteiger partial charge in [0.2, 0.25) is 0 Å². The number of benzene rings is 2. The van der Waals surface area contributed by atoms with Crippen molar-refractivity contribution in [2.24, 2.45) is 0 Å². The summed E-state index contributed by atoms with van der Waals surface area (Å²) in [6.45, 7) is 3.91. The van der Waals surface area contributed by atoms with Crippen molar-refractivity contribution in [3.05, 3.63) is 59.7 Å². The van der Waals surface area contributed by atoms with Gasteiger partial charge in [-0.25, -0.2) is 8.78 Å². The molecular formula is C16H16F2O3S. The molecule has 0 heterocycles. The molecule has 118 valence electrons. The van der Waals surface area contributed by atoms with E-state index in [1.165, 1.54) is 6.07 Å². The van der Waals surface area contributed by atoms with Gasteiger partial charge in [-0.05, 0) is 36.1 Å². The SMILES string of the molecule is CCC(C)c1ccccc1OS(=O)(=O)c1cc(F)cc(F)c1. The van der Waals surface area contributed by atoms with Crippen molar-refractivity contribution in [3.8, 4) is 5.75 Å². The second-order valence-electron chi connectivity index (χ2n) is 4.99. The minimum absolute atomic E-state index is 0.0932. The van der Waals surface area contributed by atoms with Crippen molar-refractivity contribution in [2.75, 3.05) is 0 Å². The maximum Gasteiger partial charge on any atom is 0.339 e. The molecule has 0 saturated heterocycles. The van der Waals surface area contributed by atoms with Gasteiger partial charge >= 0.3 is 10.1 Å². The molecule has 2 aromatic rings. The second kappa shape index (κ2) is 6.44. The zero-order valence-electron chi connectivity index (χ0n) is 12.2. The molecule has 0 amide bonds. The molecule has 0 spiro atoms. The fourth-order valence-corrected chi connectivity index (χ4v) is 3.02. The topological polar surface area (TPSA) is 43.4 Å². The van der Waals surface area contributed by atoms with Crippen LogP contribution in [-0.2, 0) is 10.1 Å². The van der Waals surface area contributed by atoms with E-state index in [0.29, 0.717) is 6.07 Å². The first kappa shape index (κ1) is 16.4. The maximum absolute atomic E-state index is 13.2. The lowest BCUT2D eigenvalue weighted by atomic mass is 9.98. The van der Waals surface area contributed by atoms with Crippen LogP contribution in [-0.4, -0.2) is 8.42 Å². The largest absolute Gasteiger partial charge is 0.379 e. The summed E-state index contributed by atoms with van der Waals surface area (Å²) in [6.07, 6.45) is 0.801. The summed E-state index contributed by atoms with van der Waals surface area (Å²) in [4.78, 5) is -0.552.